The van der Waals surface area contributed by atoms with E-state index in [1.165, 1.54) is 5.39 Å². The van der Waals surface area contributed by atoms with Crippen LogP contribution >= 0.6 is 0 Å². The normalized spacial score (nSPS) is 12.4. The van der Waals surface area contributed by atoms with Crippen LogP contribution in [0.3, 0.4) is 0 Å². The third-order valence-corrected chi connectivity index (χ3v) is 3.98. The van der Waals surface area contributed by atoms with Gasteiger partial charge in [0.25, 0.3) is 0 Å². The molecule has 0 atom stereocenters. The molecule has 1 aliphatic heterocycles. The number of aromatic amines is 1. The second-order valence-electron chi connectivity index (χ2n) is 5.24. The van der Waals surface area contributed by atoms with E-state index >= 15 is 0 Å². The van der Waals surface area contributed by atoms with Gasteiger partial charge in [-0.15, -0.1) is 0 Å². The Morgan fingerprint density at radius 3 is 2.76 bits per heavy atom. The first-order valence-corrected chi connectivity index (χ1v) is 7.00. The van der Waals surface area contributed by atoms with E-state index in [-0.39, 0.29) is 0 Å². The number of nitrogens with one attached hydrogen (secondary N) is 1. The molecule has 0 spiro atoms. The molecule has 0 bridgehead atoms. The Labute approximate surface area is 123 Å². The Kier molecular flexibility index (Phi) is 2.51. The second-order valence-corrected chi connectivity index (χ2v) is 5.24. The highest BCUT2D eigenvalue weighted by Crippen LogP contribution is 2.38. The molecule has 0 radical (unpaired) electrons. The standard InChI is InChI=1S/C19H15NO/c1-3-14-12(2)20-19-15(14)10-11-18-16(19)9-8-13-6-4-5-7-17(13)21-18/h3-11,20H,1H2,2H3. The Hall–Kier alpha value is -2.74. The Morgan fingerprint density at radius 2 is 1.90 bits per heavy atom. The molecule has 0 fully saturated rings. The average molecular weight is 273 g/mol. The molecule has 0 unspecified atom stereocenters. The first-order chi connectivity index (χ1) is 10.3. The van der Waals surface area contributed by atoms with Crippen molar-refractivity contribution in [1.29, 1.82) is 0 Å². The van der Waals surface area contributed by atoms with Gasteiger partial charge in [0.2, 0.25) is 0 Å². The molecule has 2 heteroatoms. The molecule has 0 saturated heterocycles. The number of para-hydroxylation sites is 1. The molecular formula is C19H15NO. The molecule has 4 rings (SSSR count). The molecular weight excluding hydrogens is 258 g/mol. The Bertz CT molecular complexity index is 899. The molecule has 2 aromatic carbocycles. The van der Waals surface area contributed by atoms with Gasteiger partial charge in [-0.3, -0.25) is 0 Å². The SMILES string of the molecule is C=Cc1c(C)[nH]c2c3c(ccc12)Oc1ccccc1C=C3. The predicted octanol–water partition coefficient (Wildman–Crippen LogP) is 5.40. The fraction of sp³-hybridized carbons (Fsp3) is 0.0526. The lowest BCUT2D eigenvalue weighted by molar-refractivity contribution is 0.482. The third kappa shape index (κ3) is 1.73. The van der Waals surface area contributed by atoms with Crippen LogP contribution in [-0.4, -0.2) is 4.98 Å². The molecule has 1 aromatic heterocycles. The summed E-state index contributed by atoms with van der Waals surface area (Å²) in [6, 6.07) is 12.2. The number of H-pyrrole nitrogens is 1. The van der Waals surface area contributed by atoms with E-state index in [2.05, 4.69) is 42.8 Å². The summed E-state index contributed by atoms with van der Waals surface area (Å²) in [4.78, 5) is 3.46. The summed E-state index contributed by atoms with van der Waals surface area (Å²) in [5.41, 5.74) is 5.56. The van der Waals surface area contributed by atoms with Crippen molar-refractivity contribution in [2.75, 3.05) is 0 Å². The zero-order valence-corrected chi connectivity index (χ0v) is 11.8. The Balaban J connectivity index is 2.01. The van der Waals surface area contributed by atoms with Crippen molar-refractivity contribution in [2.45, 2.75) is 6.92 Å². The summed E-state index contributed by atoms with van der Waals surface area (Å²) in [7, 11) is 0. The third-order valence-electron chi connectivity index (χ3n) is 3.98. The number of fused-ring (bicyclic) bond motifs is 4. The van der Waals surface area contributed by atoms with E-state index in [1.807, 2.05) is 30.3 Å². The molecule has 1 N–H and O–H groups in total. The minimum Gasteiger partial charge on any atom is -0.456 e. The first-order valence-electron chi connectivity index (χ1n) is 7.00. The van der Waals surface area contributed by atoms with Crippen molar-refractivity contribution in [3.05, 3.63) is 65.4 Å². The number of benzene rings is 2. The lowest BCUT2D eigenvalue weighted by Crippen LogP contribution is -1.88. The quantitative estimate of drug-likeness (QED) is 0.494. The molecule has 0 amide bonds. The second kappa shape index (κ2) is 4.38. The van der Waals surface area contributed by atoms with Crippen LogP contribution in [0.15, 0.2) is 43.0 Å². The zero-order valence-electron chi connectivity index (χ0n) is 11.8. The van der Waals surface area contributed by atoms with Gasteiger partial charge in [0.15, 0.2) is 0 Å². The Morgan fingerprint density at radius 1 is 1.05 bits per heavy atom. The molecule has 0 aliphatic carbocycles. The van der Waals surface area contributed by atoms with Crippen LogP contribution in [-0.2, 0) is 0 Å². The maximum atomic E-state index is 6.08. The zero-order chi connectivity index (χ0) is 14.4. The fourth-order valence-corrected chi connectivity index (χ4v) is 2.94. The number of hydrogen-bond donors (Lipinski definition) is 1. The van der Waals surface area contributed by atoms with E-state index in [0.29, 0.717) is 0 Å². The molecule has 102 valence electrons. The lowest BCUT2D eigenvalue weighted by Gasteiger charge is -2.09. The van der Waals surface area contributed by atoms with Gasteiger partial charge in [-0.1, -0.05) is 36.9 Å². The topological polar surface area (TPSA) is 25.0 Å². The number of aromatic nitrogens is 1. The molecule has 2 heterocycles. The molecule has 1 aliphatic rings. The summed E-state index contributed by atoms with van der Waals surface area (Å²) >= 11 is 0. The van der Waals surface area contributed by atoms with Gasteiger partial charge in [-0.05, 0) is 31.2 Å². The van der Waals surface area contributed by atoms with Crippen molar-refractivity contribution in [3.8, 4) is 11.5 Å². The van der Waals surface area contributed by atoms with E-state index in [4.69, 9.17) is 4.74 Å². The van der Waals surface area contributed by atoms with Crippen LogP contribution in [0.4, 0.5) is 0 Å². The van der Waals surface area contributed by atoms with Gasteiger partial charge < -0.3 is 9.72 Å². The minimum atomic E-state index is 0.876. The number of ether oxygens (including phenoxy) is 1. The fourth-order valence-electron chi connectivity index (χ4n) is 2.94. The van der Waals surface area contributed by atoms with Crippen LogP contribution in [0.1, 0.15) is 22.4 Å². The average Bonchev–Trinajstić information content (AvgIpc) is 2.70. The first kappa shape index (κ1) is 12.0. The molecule has 2 nitrogen and oxygen atoms in total. The van der Waals surface area contributed by atoms with E-state index < -0.39 is 0 Å². The van der Waals surface area contributed by atoms with E-state index in [9.17, 15) is 0 Å². The van der Waals surface area contributed by atoms with Gasteiger partial charge in [0.1, 0.15) is 11.5 Å². The predicted molar refractivity (Wildman–Crippen MR) is 88.6 cm³/mol. The van der Waals surface area contributed by atoms with Crippen LogP contribution in [0.5, 0.6) is 11.5 Å². The van der Waals surface area contributed by atoms with Gasteiger partial charge in [-0.25, -0.2) is 0 Å². The van der Waals surface area contributed by atoms with Gasteiger partial charge in [0.05, 0.1) is 5.52 Å². The lowest BCUT2D eigenvalue weighted by atomic mass is 10.1. The highest BCUT2D eigenvalue weighted by molar-refractivity contribution is 5.99. The maximum Gasteiger partial charge on any atom is 0.136 e. The van der Waals surface area contributed by atoms with E-state index in [1.54, 1.807) is 0 Å². The minimum absolute atomic E-state index is 0.876. The summed E-state index contributed by atoms with van der Waals surface area (Å²) in [6.07, 6.45) is 6.12. The number of aryl methyl sites for hydroxylation is 1. The van der Waals surface area contributed by atoms with Crippen LogP contribution in [0.2, 0.25) is 0 Å². The molecule has 3 aromatic rings. The summed E-state index contributed by atoms with van der Waals surface area (Å²) < 4.78 is 6.08. The monoisotopic (exact) mass is 273 g/mol. The molecule has 0 saturated carbocycles. The van der Waals surface area contributed by atoms with E-state index in [0.717, 1.165) is 39.4 Å². The van der Waals surface area contributed by atoms with Crippen LogP contribution in [0, 0.1) is 6.92 Å². The van der Waals surface area contributed by atoms with Crippen molar-refractivity contribution >= 4 is 29.1 Å². The van der Waals surface area contributed by atoms with Gasteiger partial charge >= 0.3 is 0 Å². The molecule has 21 heavy (non-hydrogen) atoms. The van der Waals surface area contributed by atoms with Crippen molar-refractivity contribution in [3.63, 3.8) is 0 Å². The smallest absolute Gasteiger partial charge is 0.136 e. The van der Waals surface area contributed by atoms with Crippen LogP contribution in [0.25, 0.3) is 29.1 Å². The number of hydrogen-bond acceptors (Lipinski definition) is 1. The summed E-state index contributed by atoms with van der Waals surface area (Å²) in [5.74, 6) is 1.76. The van der Waals surface area contributed by atoms with Gasteiger partial charge in [-0.2, -0.15) is 0 Å². The highest BCUT2D eigenvalue weighted by Gasteiger charge is 2.16. The van der Waals surface area contributed by atoms with Gasteiger partial charge in [0, 0.05) is 27.8 Å². The van der Waals surface area contributed by atoms with Crippen molar-refractivity contribution in [2.24, 2.45) is 0 Å². The highest BCUT2D eigenvalue weighted by atomic mass is 16.5. The van der Waals surface area contributed by atoms with Crippen molar-refractivity contribution < 1.29 is 4.74 Å². The van der Waals surface area contributed by atoms with Crippen LogP contribution < -0.4 is 4.74 Å². The maximum absolute atomic E-state index is 6.08. The summed E-state index contributed by atoms with van der Waals surface area (Å²) in [6.45, 7) is 5.98. The summed E-state index contributed by atoms with van der Waals surface area (Å²) in [5, 5.41) is 1.18. The number of rotatable bonds is 1. The largest absolute Gasteiger partial charge is 0.456 e. The van der Waals surface area contributed by atoms with Crippen molar-refractivity contribution in [1.82, 2.24) is 4.98 Å².